The first-order valence-electron chi connectivity index (χ1n) is 10.3. The van der Waals surface area contributed by atoms with Crippen molar-refractivity contribution in [2.24, 2.45) is 0 Å². The van der Waals surface area contributed by atoms with Crippen LogP contribution in [0.4, 0.5) is 0 Å². The molecule has 1 atom stereocenters. The third-order valence-electron chi connectivity index (χ3n) is 5.43. The summed E-state index contributed by atoms with van der Waals surface area (Å²) in [5, 5.41) is 10.4. The average molecular weight is 406 g/mol. The van der Waals surface area contributed by atoms with Gasteiger partial charge in [-0.3, -0.25) is 4.79 Å². The van der Waals surface area contributed by atoms with Crippen LogP contribution in [0.3, 0.4) is 0 Å². The van der Waals surface area contributed by atoms with Gasteiger partial charge in [-0.25, -0.2) is 0 Å². The number of carbonyl (C=O) groups excluding carboxylic acids is 1. The maximum Gasteiger partial charge on any atom is 0.289 e. The summed E-state index contributed by atoms with van der Waals surface area (Å²) in [6, 6.07) is 19.4. The molecule has 158 valence electrons. The quantitative estimate of drug-likeness (QED) is 0.607. The second-order valence-corrected chi connectivity index (χ2v) is 8.95. The first-order chi connectivity index (χ1) is 14.1. The van der Waals surface area contributed by atoms with Gasteiger partial charge in [0.2, 0.25) is 0 Å². The van der Waals surface area contributed by atoms with Crippen LogP contribution in [0.1, 0.15) is 65.4 Å². The van der Waals surface area contributed by atoms with Crippen LogP contribution in [-0.2, 0) is 11.8 Å². The second kappa shape index (κ2) is 8.88. The first kappa shape index (κ1) is 21.8. The second-order valence-electron chi connectivity index (χ2n) is 8.95. The molecular weight excluding hydrogens is 374 g/mol. The molecule has 1 heterocycles. The lowest BCUT2D eigenvalue weighted by Gasteiger charge is -2.21. The maximum atomic E-state index is 12.8. The number of aliphatic hydroxyl groups is 1. The zero-order chi connectivity index (χ0) is 21.9. The van der Waals surface area contributed by atoms with Gasteiger partial charge in [-0.15, -0.1) is 0 Å². The first-order valence-corrected chi connectivity index (χ1v) is 10.3. The van der Waals surface area contributed by atoms with Crippen molar-refractivity contribution >= 4 is 5.91 Å². The lowest BCUT2D eigenvalue weighted by Crippen LogP contribution is -2.30. The summed E-state index contributed by atoms with van der Waals surface area (Å²) in [5.74, 6) is 0.804. The minimum absolute atomic E-state index is 0.0784. The van der Waals surface area contributed by atoms with Crippen molar-refractivity contribution < 1.29 is 14.3 Å². The number of carbonyl (C=O) groups is 1. The van der Waals surface area contributed by atoms with E-state index in [1.807, 2.05) is 36.4 Å². The highest BCUT2D eigenvalue weighted by atomic mass is 16.4. The van der Waals surface area contributed by atoms with E-state index in [1.54, 1.807) is 13.1 Å². The number of aliphatic hydroxyl groups excluding tert-OH is 1. The molecule has 0 saturated carbocycles. The molecule has 1 aromatic heterocycles. The minimum Gasteiger partial charge on any atom is -0.456 e. The fourth-order valence-corrected chi connectivity index (χ4v) is 3.42. The molecule has 0 radical (unpaired) electrons. The van der Waals surface area contributed by atoms with E-state index in [4.69, 9.17) is 4.42 Å². The topological polar surface area (TPSA) is 53.7 Å². The predicted octanol–water partition coefficient (Wildman–Crippen LogP) is 5.28. The molecule has 3 rings (SSSR count). The smallest absolute Gasteiger partial charge is 0.289 e. The molecule has 1 unspecified atom stereocenters. The summed E-state index contributed by atoms with van der Waals surface area (Å²) in [4.78, 5) is 14.2. The standard InChI is InChI=1S/C26H31NO3/c1-18-11-12-21(26(2,3)4)15-20(18)16-22-13-14-24(30-22)25(29)27(5)17-23(28)19-9-7-6-8-10-19/h6-15,23,28H,16-17H2,1-5H3. The largest absolute Gasteiger partial charge is 0.456 e. The summed E-state index contributed by atoms with van der Waals surface area (Å²) in [7, 11) is 1.67. The van der Waals surface area contributed by atoms with Crippen LogP contribution in [0.25, 0.3) is 0 Å². The number of nitrogens with zero attached hydrogens (tertiary/aromatic N) is 1. The fraction of sp³-hybridized carbons (Fsp3) is 0.346. The van der Waals surface area contributed by atoms with Crippen LogP contribution in [0.5, 0.6) is 0 Å². The third-order valence-corrected chi connectivity index (χ3v) is 5.43. The normalized spacial score (nSPS) is 12.6. The number of benzene rings is 2. The summed E-state index contributed by atoms with van der Waals surface area (Å²) in [5.41, 5.74) is 4.54. The summed E-state index contributed by atoms with van der Waals surface area (Å²) in [6.07, 6.45) is -0.100. The van der Waals surface area contributed by atoms with Gasteiger partial charge < -0.3 is 14.4 Å². The van der Waals surface area contributed by atoms with E-state index in [2.05, 4.69) is 45.9 Å². The van der Waals surface area contributed by atoms with E-state index >= 15 is 0 Å². The Labute approximate surface area is 179 Å². The lowest BCUT2D eigenvalue weighted by molar-refractivity contribution is 0.0650. The van der Waals surface area contributed by atoms with E-state index in [1.165, 1.54) is 21.6 Å². The van der Waals surface area contributed by atoms with Crippen molar-refractivity contribution in [1.82, 2.24) is 4.90 Å². The molecule has 0 saturated heterocycles. The van der Waals surface area contributed by atoms with Crippen LogP contribution in [-0.4, -0.2) is 29.5 Å². The minimum atomic E-state index is -0.739. The number of hydrogen-bond acceptors (Lipinski definition) is 3. The Balaban J connectivity index is 1.69. The molecular formula is C26H31NO3. The van der Waals surface area contributed by atoms with Crippen LogP contribution in [0.2, 0.25) is 0 Å². The monoisotopic (exact) mass is 405 g/mol. The Morgan fingerprint density at radius 1 is 1.07 bits per heavy atom. The van der Waals surface area contributed by atoms with Crippen molar-refractivity contribution in [1.29, 1.82) is 0 Å². The molecule has 0 aliphatic heterocycles. The molecule has 1 amide bonds. The Morgan fingerprint density at radius 3 is 2.43 bits per heavy atom. The molecule has 4 heteroatoms. The zero-order valence-electron chi connectivity index (χ0n) is 18.5. The van der Waals surface area contributed by atoms with Crippen LogP contribution in [0, 0.1) is 6.92 Å². The molecule has 0 bridgehead atoms. The van der Waals surface area contributed by atoms with Gasteiger partial charge in [0.15, 0.2) is 5.76 Å². The maximum absolute atomic E-state index is 12.8. The fourth-order valence-electron chi connectivity index (χ4n) is 3.42. The number of likely N-dealkylation sites (N-methyl/N-ethyl adjacent to an activating group) is 1. The van der Waals surface area contributed by atoms with Crippen molar-refractivity contribution in [2.75, 3.05) is 13.6 Å². The molecule has 0 aliphatic carbocycles. The number of rotatable bonds is 6. The highest BCUT2D eigenvalue weighted by Gasteiger charge is 2.20. The molecule has 0 aliphatic rings. The molecule has 30 heavy (non-hydrogen) atoms. The Bertz CT molecular complexity index is 999. The Hall–Kier alpha value is -2.85. The van der Waals surface area contributed by atoms with E-state index in [-0.39, 0.29) is 23.6 Å². The summed E-state index contributed by atoms with van der Waals surface area (Å²) in [6.45, 7) is 8.89. The average Bonchev–Trinajstić information content (AvgIpc) is 3.17. The van der Waals surface area contributed by atoms with Crippen molar-refractivity contribution in [3.63, 3.8) is 0 Å². The SMILES string of the molecule is Cc1ccc(C(C)(C)C)cc1Cc1ccc(C(=O)N(C)CC(O)c2ccccc2)o1. The summed E-state index contributed by atoms with van der Waals surface area (Å²) < 4.78 is 5.87. The zero-order valence-corrected chi connectivity index (χ0v) is 18.5. The van der Waals surface area contributed by atoms with Gasteiger partial charge in [-0.05, 0) is 46.7 Å². The van der Waals surface area contributed by atoms with Crippen LogP contribution < -0.4 is 0 Å². The van der Waals surface area contributed by atoms with Gasteiger partial charge in [-0.2, -0.15) is 0 Å². The van der Waals surface area contributed by atoms with Crippen molar-refractivity contribution in [2.45, 2.75) is 45.6 Å². The Morgan fingerprint density at radius 2 is 1.77 bits per heavy atom. The number of amides is 1. The van der Waals surface area contributed by atoms with Gasteiger partial charge in [0.25, 0.3) is 5.91 Å². The van der Waals surface area contributed by atoms with Gasteiger partial charge in [0.1, 0.15) is 5.76 Å². The molecule has 0 spiro atoms. The van der Waals surface area contributed by atoms with Gasteiger partial charge in [-0.1, -0.05) is 69.3 Å². The van der Waals surface area contributed by atoms with Crippen LogP contribution >= 0.6 is 0 Å². The summed E-state index contributed by atoms with van der Waals surface area (Å²) >= 11 is 0. The molecule has 0 fully saturated rings. The van der Waals surface area contributed by atoms with E-state index in [0.717, 1.165) is 11.3 Å². The molecule has 3 aromatic rings. The van der Waals surface area contributed by atoms with E-state index < -0.39 is 6.10 Å². The lowest BCUT2D eigenvalue weighted by atomic mass is 9.85. The number of hydrogen-bond donors (Lipinski definition) is 1. The van der Waals surface area contributed by atoms with Gasteiger partial charge >= 0.3 is 0 Å². The number of furan rings is 1. The number of aryl methyl sites for hydroxylation is 1. The highest BCUT2D eigenvalue weighted by molar-refractivity contribution is 5.91. The van der Waals surface area contributed by atoms with Gasteiger partial charge in [0, 0.05) is 13.5 Å². The van der Waals surface area contributed by atoms with E-state index in [9.17, 15) is 9.90 Å². The molecule has 4 nitrogen and oxygen atoms in total. The van der Waals surface area contributed by atoms with Gasteiger partial charge in [0.05, 0.1) is 12.6 Å². The highest BCUT2D eigenvalue weighted by Crippen LogP contribution is 2.26. The van der Waals surface area contributed by atoms with Crippen LogP contribution in [0.15, 0.2) is 65.1 Å². The molecule has 2 aromatic carbocycles. The predicted molar refractivity (Wildman–Crippen MR) is 120 cm³/mol. The Kier molecular flexibility index (Phi) is 6.47. The molecule has 1 N–H and O–H groups in total. The van der Waals surface area contributed by atoms with Crippen molar-refractivity contribution in [3.05, 3.63) is 94.4 Å². The van der Waals surface area contributed by atoms with E-state index in [0.29, 0.717) is 6.42 Å². The third kappa shape index (κ3) is 5.19. The van der Waals surface area contributed by atoms with Crippen molar-refractivity contribution in [3.8, 4) is 0 Å².